The highest BCUT2D eigenvalue weighted by Crippen LogP contribution is 2.27. The molecule has 3 aromatic rings. The van der Waals surface area contributed by atoms with Crippen LogP contribution < -0.4 is 5.73 Å². The Bertz CT molecular complexity index is 774. The fraction of sp³-hybridized carbons (Fsp3) is 0.133. The zero-order valence-corrected chi connectivity index (χ0v) is 12.4. The van der Waals surface area contributed by atoms with Crippen LogP contribution in [0, 0.1) is 13.8 Å². The van der Waals surface area contributed by atoms with Crippen molar-refractivity contribution in [3.8, 4) is 11.4 Å². The summed E-state index contributed by atoms with van der Waals surface area (Å²) in [6.45, 7) is 4.06. The van der Waals surface area contributed by atoms with E-state index < -0.39 is 0 Å². The monoisotopic (exact) mass is 315 g/mol. The molecule has 0 aliphatic rings. The number of H-pyrrole nitrogens is 1. The number of benzene rings is 2. The second kappa shape index (κ2) is 4.38. The molecule has 0 aliphatic heterocycles. The van der Waals surface area contributed by atoms with Crippen LogP contribution in [-0.4, -0.2) is 9.97 Å². The van der Waals surface area contributed by atoms with Gasteiger partial charge in [-0.15, -0.1) is 0 Å². The molecule has 0 saturated carbocycles. The van der Waals surface area contributed by atoms with Crippen LogP contribution in [0.15, 0.2) is 34.8 Å². The van der Waals surface area contributed by atoms with E-state index in [1.807, 2.05) is 31.2 Å². The van der Waals surface area contributed by atoms with Crippen molar-refractivity contribution in [2.24, 2.45) is 0 Å². The van der Waals surface area contributed by atoms with Crippen molar-refractivity contribution in [2.45, 2.75) is 13.8 Å². The van der Waals surface area contributed by atoms with Gasteiger partial charge in [0.1, 0.15) is 5.82 Å². The van der Waals surface area contributed by atoms with E-state index in [4.69, 9.17) is 5.73 Å². The van der Waals surface area contributed by atoms with Crippen molar-refractivity contribution in [2.75, 3.05) is 5.73 Å². The molecular formula is C15H14BrN3. The maximum atomic E-state index is 5.96. The third-order valence-electron chi connectivity index (χ3n) is 3.29. The second-order valence-electron chi connectivity index (χ2n) is 4.78. The first-order valence-electron chi connectivity index (χ1n) is 6.07. The molecule has 0 amide bonds. The van der Waals surface area contributed by atoms with E-state index in [-0.39, 0.29) is 0 Å². The first kappa shape index (κ1) is 12.2. The highest BCUT2D eigenvalue weighted by atomic mass is 79.9. The predicted molar refractivity (Wildman–Crippen MR) is 83.1 cm³/mol. The number of aryl methyl sites for hydroxylation is 2. The molecule has 3 rings (SSSR count). The standard InChI is InChI=1S/C15H14BrN3/c1-8-3-4-10(6-12(8)17)15-18-13-7-11(16)5-9(2)14(13)19-15/h3-7H,17H2,1-2H3,(H,18,19). The molecule has 3 nitrogen and oxygen atoms in total. The Morgan fingerprint density at radius 1 is 1.11 bits per heavy atom. The van der Waals surface area contributed by atoms with E-state index in [9.17, 15) is 0 Å². The molecule has 0 saturated heterocycles. The lowest BCUT2D eigenvalue weighted by Gasteiger charge is -2.01. The average Bonchev–Trinajstić information content (AvgIpc) is 2.76. The normalized spacial score (nSPS) is 11.1. The number of aromatic nitrogens is 2. The number of hydrogen-bond donors (Lipinski definition) is 2. The largest absolute Gasteiger partial charge is 0.398 e. The van der Waals surface area contributed by atoms with Crippen molar-refractivity contribution in [1.82, 2.24) is 9.97 Å². The molecule has 4 heteroatoms. The number of halogens is 1. The fourth-order valence-electron chi connectivity index (χ4n) is 2.17. The summed E-state index contributed by atoms with van der Waals surface area (Å²) in [5.74, 6) is 0.850. The summed E-state index contributed by atoms with van der Waals surface area (Å²) in [5, 5.41) is 0. The molecule has 0 spiro atoms. The second-order valence-corrected chi connectivity index (χ2v) is 5.69. The number of nitrogens with one attached hydrogen (secondary N) is 1. The van der Waals surface area contributed by atoms with Gasteiger partial charge in [0.15, 0.2) is 0 Å². The van der Waals surface area contributed by atoms with Crippen molar-refractivity contribution in [3.63, 3.8) is 0 Å². The van der Waals surface area contributed by atoms with Gasteiger partial charge in [-0.25, -0.2) is 4.98 Å². The summed E-state index contributed by atoms with van der Waals surface area (Å²) in [5.41, 5.74) is 12.0. The third-order valence-corrected chi connectivity index (χ3v) is 3.75. The van der Waals surface area contributed by atoms with Crippen LogP contribution in [-0.2, 0) is 0 Å². The number of hydrogen-bond acceptors (Lipinski definition) is 2. The molecule has 0 fully saturated rings. The van der Waals surface area contributed by atoms with Gasteiger partial charge in [0.25, 0.3) is 0 Å². The molecule has 3 N–H and O–H groups in total. The molecule has 1 aromatic heterocycles. The first-order valence-corrected chi connectivity index (χ1v) is 6.86. The maximum Gasteiger partial charge on any atom is 0.138 e. The van der Waals surface area contributed by atoms with E-state index >= 15 is 0 Å². The van der Waals surface area contributed by atoms with Crippen LogP contribution in [0.25, 0.3) is 22.4 Å². The van der Waals surface area contributed by atoms with E-state index in [0.29, 0.717) is 0 Å². The Balaban J connectivity index is 2.20. The summed E-state index contributed by atoms with van der Waals surface area (Å²) < 4.78 is 1.05. The predicted octanol–water partition coefficient (Wildman–Crippen LogP) is 4.19. The van der Waals surface area contributed by atoms with Gasteiger partial charge in [0.2, 0.25) is 0 Å². The molecule has 1 heterocycles. The Morgan fingerprint density at radius 2 is 1.89 bits per heavy atom. The van der Waals surface area contributed by atoms with Gasteiger partial charge in [0, 0.05) is 15.7 Å². The molecule has 96 valence electrons. The smallest absolute Gasteiger partial charge is 0.138 e. The van der Waals surface area contributed by atoms with Crippen LogP contribution in [0.2, 0.25) is 0 Å². The molecular weight excluding hydrogens is 302 g/mol. The summed E-state index contributed by atoms with van der Waals surface area (Å²) in [6.07, 6.45) is 0. The number of imidazole rings is 1. The minimum Gasteiger partial charge on any atom is -0.398 e. The van der Waals surface area contributed by atoms with Crippen molar-refractivity contribution in [1.29, 1.82) is 0 Å². The lowest BCUT2D eigenvalue weighted by molar-refractivity contribution is 1.32. The van der Waals surface area contributed by atoms with E-state index in [2.05, 4.69) is 38.9 Å². The Labute approximate surface area is 120 Å². The number of nitrogen functional groups attached to an aromatic ring is 1. The van der Waals surface area contributed by atoms with Gasteiger partial charge in [-0.3, -0.25) is 0 Å². The van der Waals surface area contributed by atoms with E-state index in [0.717, 1.165) is 43.7 Å². The lowest BCUT2D eigenvalue weighted by atomic mass is 10.1. The van der Waals surface area contributed by atoms with Crippen LogP contribution in [0.3, 0.4) is 0 Å². The van der Waals surface area contributed by atoms with Crippen LogP contribution in [0.1, 0.15) is 11.1 Å². The van der Waals surface area contributed by atoms with Crippen molar-refractivity contribution < 1.29 is 0 Å². The topological polar surface area (TPSA) is 54.7 Å². The maximum absolute atomic E-state index is 5.96. The van der Waals surface area contributed by atoms with Gasteiger partial charge in [-0.05, 0) is 43.2 Å². The average molecular weight is 316 g/mol. The SMILES string of the molecule is Cc1ccc(-c2nc3c(C)cc(Br)cc3[nH]2)cc1N. The molecule has 19 heavy (non-hydrogen) atoms. The van der Waals surface area contributed by atoms with Gasteiger partial charge in [0.05, 0.1) is 11.0 Å². The van der Waals surface area contributed by atoms with Gasteiger partial charge in [-0.2, -0.15) is 0 Å². The van der Waals surface area contributed by atoms with Crippen molar-refractivity contribution in [3.05, 3.63) is 45.9 Å². The Hall–Kier alpha value is -1.81. The number of nitrogens with zero attached hydrogens (tertiary/aromatic N) is 1. The number of anilines is 1. The first-order chi connectivity index (χ1) is 9.04. The lowest BCUT2D eigenvalue weighted by Crippen LogP contribution is -1.90. The summed E-state index contributed by atoms with van der Waals surface area (Å²) in [6, 6.07) is 10.1. The zero-order valence-electron chi connectivity index (χ0n) is 10.8. The highest BCUT2D eigenvalue weighted by Gasteiger charge is 2.09. The summed E-state index contributed by atoms with van der Waals surface area (Å²) in [7, 11) is 0. The van der Waals surface area contributed by atoms with Gasteiger partial charge < -0.3 is 10.7 Å². The molecule has 0 unspecified atom stereocenters. The third kappa shape index (κ3) is 2.12. The number of rotatable bonds is 1. The number of nitrogens with two attached hydrogens (primary N) is 1. The summed E-state index contributed by atoms with van der Waals surface area (Å²) >= 11 is 3.50. The highest BCUT2D eigenvalue weighted by molar-refractivity contribution is 9.10. The number of aromatic amines is 1. The minimum absolute atomic E-state index is 0.788. The van der Waals surface area contributed by atoms with Crippen LogP contribution in [0.5, 0.6) is 0 Å². The summed E-state index contributed by atoms with van der Waals surface area (Å²) in [4.78, 5) is 8.01. The molecule has 0 bridgehead atoms. The van der Waals surface area contributed by atoms with Crippen LogP contribution >= 0.6 is 15.9 Å². The van der Waals surface area contributed by atoms with Gasteiger partial charge in [-0.1, -0.05) is 28.1 Å². The van der Waals surface area contributed by atoms with Crippen molar-refractivity contribution >= 4 is 32.7 Å². The van der Waals surface area contributed by atoms with E-state index in [1.54, 1.807) is 0 Å². The minimum atomic E-state index is 0.788. The quantitative estimate of drug-likeness (QED) is 0.661. The van der Waals surface area contributed by atoms with Gasteiger partial charge >= 0.3 is 0 Å². The number of fused-ring (bicyclic) bond motifs is 1. The Kier molecular flexibility index (Phi) is 2.82. The zero-order chi connectivity index (χ0) is 13.6. The van der Waals surface area contributed by atoms with Crippen LogP contribution in [0.4, 0.5) is 5.69 Å². The molecule has 0 aliphatic carbocycles. The Morgan fingerprint density at radius 3 is 2.63 bits per heavy atom. The molecule has 2 aromatic carbocycles. The molecule has 0 radical (unpaired) electrons. The molecule has 0 atom stereocenters. The van der Waals surface area contributed by atoms with E-state index in [1.165, 1.54) is 0 Å². The fourth-order valence-corrected chi connectivity index (χ4v) is 2.74.